The first-order valence-electron chi connectivity index (χ1n) is 10.8. The normalized spacial score (nSPS) is 22.4. The fourth-order valence-corrected chi connectivity index (χ4v) is 3.92. The van der Waals surface area contributed by atoms with Crippen molar-refractivity contribution < 1.29 is 24.6 Å². The monoisotopic (exact) mass is 418 g/mol. The van der Waals surface area contributed by atoms with Gasteiger partial charge in [0.1, 0.15) is 5.78 Å². The summed E-state index contributed by atoms with van der Waals surface area (Å²) < 4.78 is 0. The molecule has 0 aromatic carbocycles. The minimum atomic E-state index is -0.824. The Kier molecular flexibility index (Phi) is 12.4. The molecule has 1 aliphatic carbocycles. The van der Waals surface area contributed by atoms with Crippen molar-refractivity contribution in [1.29, 1.82) is 5.26 Å². The topological polar surface area (TPSA) is 127 Å². The van der Waals surface area contributed by atoms with Gasteiger partial charge in [-0.15, -0.1) is 0 Å². The zero-order valence-corrected chi connectivity index (χ0v) is 17.8. The Balaban J connectivity index is 2.77. The molecular formula is C23H34N2O5. The van der Waals surface area contributed by atoms with Gasteiger partial charge in [0.15, 0.2) is 6.19 Å². The fourth-order valence-electron chi connectivity index (χ4n) is 3.92. The largest absolute Gasteiger partial charge is 0.481 e. The van der Waals surface area contributed by atoms with E-state index in [1.54, 1.807) is 12.3 Å². The van der Waals surface area contributed by atoms with Crippen molar-refractivity contribution in [2.45, 2.75) is 77.2 Å². The number of amides is 1. The van der Waals surface area contributed by atoms with Crippen LogP contribution >= 0.6 is 0 Å². The molecule has 1 amide bonds. The smallest absolute Gasteiger partial charge is 0.303 e. The molecule has 0 radical (unpaired) electrons. The highest BCUT2D eigenvalue weighted by Gasteiger charge is 2.40. The molecule has 4 unspecified atom stereocenters. The predicted molar refractivity (Wildman–Crippen MR) is 113 cm³/mol. The number of rotatable bonds is 14. The lowest BCUT2D eigenvalue weighted by Gasteiger charge is -2.20. The van der Waals surface area contributed by atoms with Crippen LogP contribution in [0.2, 0.25) is 0 Å². The third-order valence-corrected chi connectivity index (χ3v) is 5.51. The van der Waals surface area contributed by atoms with Crippen LogP contribution in [0.1, 0.15) is 71.1 Å². The van der Waals surface area contributed by atoms with E-state index in [1.165, 1.54) is 0 Å². The van der Waals surface area contributed by atoms with Gasteiger partial charge in [-0.3, -0.25) is 19.7 Å². The molecule has 1 aliphatic rings. The number of carbonyl (C=O) groups excluding carboxylic acids is 2. The SMILES string of the molecule is CCCCCC(O)/C=C/C1C(CC(=O)NC#N)CC(=O)C1C/C=C/CCCC(=O)O. The maximum atomic E-state index is 12.6. The number of carboxylic acid groups (broad SMARTS) is 1. The third-order valence-electron chi connectivity index (χ3n) is 5.51. The van der Waals surface area contributed by atoms with Gasteiger partial charge in [-0.05, 0) is 37.5 Å². The number of nitrogens with zero attached hydrogens (tertiary/aromatic N) is 1. The lowest BCUT2D eigenvalue weighted by molar-refractivity contribution is -0.137. The number of carbonyl (C=O) groups is 3. The highest BCUT2D eigenvalue weighted by Crippen LogP contribution is 2.40. The Hall–Kier alpha value is -2.46. The van der Waals surface area contributed by atoms with Crippen LogP contribution in [-0.2, 0) is 14.4 Å². The van der Waals surface area contributed by atoms with E-state index in [9.17, 15) is 19.5 Å². The lowest BCUT2D eigenvalue weighted by atomic mass is 9.84. The Morgan fingerprint density at radius 2 is 2.07 bits per heavy atom. The number of Topliss-reactive ketones (excluding diaryl/α,β-unsaturated/α-hetero) is 1. The van der Waals surface area contributed by atoms with E-state index in [0.717, 1.165) is 19.3 Å². The lowest BCUT2D eigenvalue weighted by Crippen LogP contribution is -2.23. The summed E-state index contributed by atoms with van der Waals surface area (Å²) in [4.78, 5) is 35.0. The molecule has 1 rings (SSSR count). The van der Waals surface area contributed by atoms with E-state index >= 15 is 0 Å². The van der Waals surface area contributed by atoms with Crippen LogP contribution in [0, 0.1) is 29.2 Å². The van der Waals surface area contributed by atoms with Crippen molar-refractivity contribution in [3.05, 3.63) is 24.3 Å². The summed E-state index contributed by atoms with van der Waals surface area (Å²) in [6.45, 7) is 2.10. The average molecular weight is 419 g/mol. The highest BCUT2D eigenvalue weighted by atomic mass is 16.4. The van der Waals surface area contributed by atoms with Crippen LogP contribution in [0.25, 0.3) is 0 Å². The third kappa shape index (κ3) is 9.84. The van der Waals surface area contributed by atoms with Crippen molar-refractivity contribution >= 4 is 17.7 Å². The van der Waals surface area contributed by atoms with E-state index < -0.39 is 18.0 Å². The van der Waals surface area contributed by atoms with Gasteiger partial charge in [0.05, 0.1) is 6.10 Å². The fraction of sp³-hybridized carbons (Fsp3) is 0.652. The summed E-state index contributed by atoms with van der Waals surface area (Å²) in [6.07, 6.45) is 14.4. The standard InChI is InChI=1S/C23H34N2O5/c1-2-3-6-9-18(26)12-13-19-17(15-22(28)25-16-24)14-21(27)20(19)10-7-4-5-8-11-23(29)30/h4,7,12-13,17-20,26H,2-3,5-6,8-11,14-15H2,1H3,(H,25,28)(H,29,30)/b7-4+,13-12+. The molecule has 0 bridgehead atoms. The van der Waals surface area contributed by atoms with Crippen LogP contribution in [-0.4, -0.2) is 34.0 Å². The first kappa shape index (κ1) is 25.6. The number of aliphatic carboxylic acids is 1. The number of hydrogen-bond acceptors (Lipinski definition) is 5. The first-order chi connectivity index (χ1) is 14.4. The molecule has 1 saturated carbocycles. The number of nitriles is 1. The average Bonchev–Trinajstić information content (AvgIpc) is 2.97. The van der Waals surface area contributed by atoms with Crippen molar-refractivity contribution in [3.63, 3.8) is 0 Å². The Morgan fingerprint density at radius 1 is 1.30 bits per heavy atom. The molecule has 0 aromatic heterocycles. The molecule has 0 saturated heterocycles. The molecule has 30 heavy (non-hydrogen) atoms. The summed E-state index contributed by atoms with van der Waals surface area (Å²) in [5.41, 5.74) is 0. The molecule has 0 aliphatic heterocycles. The van der Waals surface area contributed by atoms with Crippen LogP contribution < -0.4 is 5.32 Å². The number of unbranched alkanes of at least 4 members (excludes halogenated alkanes) is 3. The van der Waals surface area contributed by atoms with Gasteiger partial charge in [0.2, 0.25) is 5.91 Å². The number of aliphatic hydroxyl groups is 1. The van der Waals surface area contributed by atoms with Gasteiger partial charge in [-0.1, -0.05) is 50.5 Å². The number of allylic oxidation sites excluding steroid dienone is 3. The molecule has 3 N–H and O–H groups in total. The summed E-state index contributed by atoms with van der Waals surface area (Å²) >= 11 is 0. The second-order valence-corrected chi connectivity index (χ2v) is 7.92. The molecule has 0 aromatic rings. The zero-order chi connectivity index (χ0) is 22.4. The number of carboxylic acids is 1. The van der Waals surface area contributed by atoms with Crippen molar-refractivity contribution in [1.82, 2.24) is 5.32 Å². The van der Waals surface area contributed by atoms with E-state index in [2.05, 4.69) is 12.2 Å². The molecule has 0 heterocycles. The minimum absolute atomic E-state index is 0.0788. The van der Waals surface area contributed by atoms with E-state index in [1.807, 2.05) is 18.2 Å². The number of hydrogen-bond donors (Lipinski definition) is 3. The molecule has 4 atom stereocenters. The van der Waals surface area contributed by atoms with Crippen LogP contribution in [0.5, 0.6) is 0 Å². The van der Waals surface area contributed by atoms with Gasteiger partial charge in [-0.2, -0.15) is 5.26 Å². The molecule has 166 valence electrons. The first-order valence-corrected chi connectivity index (χ1v) is 10.8. The second-order valence-electron chi connectivity index (χ2n) is 7.92. The van der Waals surface area contributed by atoms with Gasteiger partial charge >= 0.3 is 5.97 Å². The van der Waals surface area contributed by atoms with Crippen molar-refractivity contribution in [2.24, 2.45) is 17.8 Å². The summed E-state index contributed by atoms with van der Waals surface area (Å²) in [7, 11) is 0. The summed E-state index contributed by atoms with van der Waals surface area (Å²) in [6, 6.07) is 0. The van der Waals surface area contributed by atoms with Crippen LogP contribution in [0.15, 0.2) is 24.3 Å². The summed E-state index contributed by atoms with van der Waals surface area (Å²) in [5, 5.41) is 29.6. The van der Waals surface area contributed by atoms with Gasteiger partial charge < -0.3 is 10.2 Å². The second kappa shape index (κ2) is 14.5. The molecule has 0 spiro atoms. The van der Waals surface area contributed by atoms with E-state index in [-0.39, 0.29) is 42.8 Å². The van der Waals surface area contributed by atoms with E-state index in [4.69, 9.17) is 10.4 Å². The maximum Gasteiger partial charge on any atom is 0.303 e. The number of aliphatic hydroxyl groups excluding tert-OH is 1. The van der Waals surface area contributed by atoms with Crippen molar-refractivity contribution in [2.75, 3.05) is 0 Å². The van der Waals surface area contributed by atoms with Gasteiger partial charge in [0, 0.05) is 25.2 Å². The Labute approximate surface area is 178 Å². The summed E-state index contributed by atoms with van der Waals surface area (Å²) in [5.74, 6) is -1.80. The zero-order valence-electron chi connectivity index (χ0n) is 17.8. The van der Waals surface area contributed by atoms with Gasteiger partial charge in [-0.25, -0.2) is 0 Å². The minimum Gasteiger partial charge on any atom is -0.481 e. The van der Waals surface area contributed by atoms with Crippen LogP contribution in [0.3, 0.4) is 0 Å². The molecular weight excluding hydrogens is 384 g/mol. The molecule has 7 nitrogen and oxygen atoms in total. The number of nitrogens with one attached hydrogen (secondary N) is 1. The van der Waals surface area contributed by atoms with E-state index in [0.29, 0.717) is 25.7 Å². The van der Waals surface area contributed by atoms with Crippen LogP contribution in [0.4, 0.5) is 0 Å². The number of ketones is 1. The molecule has 1 fully saturated rings. The van der Waals surface area contributed by atoms with Crippen molar-refractivity contribution in [3.8, 4) is 6.19 Å². The molecule has 7 heteroatoms. The maximum absolute atomic E-state index is 12.6. The Bertz CT molecular complexity index is 665. The Morgan fingerprint density at radius 3 is 2.73 bits per heavy atom. The quantitative estimate of drug-likeness (QED) is 0.171. The van der Waals surface area contributed by atoms with Gasteiger partial charge in [0.25, 0.3) is 0 Å². The predicted octanol–water partition coefficient (Wildman–Crippen LogP) is 3.49. The highest BCUT2D eigenvalue weighted by molar-refractivity contribution is 5.86.